The van der Waals surface area contributed by atoms with E-state index >= 15 is 0 Å². The predicted octanol–water partition coefficient (Wildman–Crippen LogP) is -1.51. The van der Waals surface area contributed by atoms with Crippen molar-refractivity contribution in [1.29, 1.82) is 0 Å². The van der Waals surface area contributed by atoms with Gasteiger partial charge in [0.05, 0.1) is 12.1 Å². The van der Waals surface area contributed by atoms with Crippen LogP contribution in [0.15, 0.2) is 0 Å². The normalized spacial score (nSPS) is 24.2. The van der Waals surface area contributed by atoms with Crippen LogP contribution in [0.4, 0.5) is 4.79 Å². The van der Waals surface area contributed by atoms with Crippen molar-refractivity contribution in [2.45, 2.75) is 31.5 Å². The molecule has 10 nitrogen and oxygen atoms in total. The highest BCUT2D eigenvalue weighted by Crippen LogP contribution is 2.19. The van der Waals surface area contributed by atoms with E-state index in [0.29, 0.717) is 5.82 Å². The second kappa shape index (κ2) is 5.18. The molecule has 0 aromatic carbocycles. The average molecular weight is 270 g/mol. The largest absolute Gasteiger partial charge is 0.480 e. The van der Waals surface area contributed by atoms with E-state index in [1.165, 1.54) is 0 Å². The molecule has 2 rings (SSSR count). The average Bonchev–Trinajstić information content (AvgIpc) is 2.96. The van der Waals surface area contributed by atoms with Crippen molar-refractivity contribution in [3.05, 3.63) is 5.82 Å². The number of rotatable bonds is 3. The van der Waals surface area contributed by atoms with Crippen molar-refractivity contribution in [2.24, 2.45) is 0 Å². The highest BCUT2D eigenvalue weighted by molar-refractivity contribution is 5.83. The number of carboxylic acids is 1. The number of amides is 2. The number of nitrogens with one attached hydrogen (secondary N) is 2. The van der Waals surface area contributed by atoms with Gasteiger partial charge in [-0.15, -0.1) is 10.2 Å². The predicted molar refractivity (Wildman–Crippen MR) is 59.9 cm³/mol. The SMILES string of the molecule is CC(NC(=O)N1C[C@@H](O)C[C@H]1C(=O)O)c1nn[nH]n1. The molecule has 104 valence electrons. The molecule has 2 heterocycles. The summed E-state index contributed by atoms with van der Waals surface area (Å²) >= 11 is 0. The second-order valence-electron chi connectivity index (χ2n) is 4.34. The number of hydrogen-bond acceptors (Lipinski definition) is 6. The highest BCUT2D eigenvalue weighted by atomic mass is 16.4. The lowest BCUT2D eigenvalue weighted by molar-refractivity contribution is -0.141. The molecular weight excluding hydrogens is 256 g/mol. The number of hydrogen-bond donors (Lipinski definition) is 4. The standard InChI is InChI=1S/C9H14N6O4/c1-4(7-11-13-14-12-7)10-9(19)15-3-5(16)2-6(15)8(17)18/h4-6,16H,2-3H2,1H3,(H,10,19)(H,17,18)(H,11,12,13,14)/t4?,5-,6-/m0/s1. The molecule has 19 heavy (non-hydrogen) atoms. The molecule has 1 aromatic heterocycles. The molecule has 2 amide bonds. The molecule has 1 aliphatic heterocycles. The van der Waals surface area contributed by atoms with Gasteiger partial charge in [-0.05, 0) is 6.92 Å². The van der Waals surface area contributed by atoms with Crippen LogP contribution in [0, 0.1) is 0 Å². The summed E-state index contributed by atoms with van der Waals surface area (Å²) in [5.41, 5.74) is 0. The number of aromatic nitrogens is 4. The summed E-state index contributed by atoms with van der Waals surface area (Å²) < 4.78 is 0. The molecule has 3 atom stereocenters. The number of carbonyl (C=O) groups excluding carboxylic acids is 1. The minimum Gasteiger partial charge on any atom is -0.480 e. The Labute approximate surface area is 107 Å². The third-order valence-electron chi connectivity index (χ3n) is 2.91. The summed E-state index contributed by atoms with van der Waals surface area (Å²) in [6.45, 7) is 1.63. The molecule has 0 spiro atoms. The summed E-state index contributed by atoms with van der Waals surface area (Å²) in [6, 6.07) is -2.12. The van der Waals surface area contributed by atoms with Crippen molar-refractivity contribution in [1.82, 2.24) is 30.8 Å². The van der Waals surface area contributed by atoms with E-state index in [1.54, 1.807) is 6.92 Å². The topological polar surface area (TPSA) is 144 Å². The molecule has 1 aliphatic rings. The van der Waals surface area contributed by atoms with Gasteiger partial charge in [-0.2, -0.15) is 5.21 Å². The van der Waals surface area contributed by atoms with Gasteiger partial charge in [0.15, 0.2) is 5.82 Å². The van der Waals surface area contributed by atoms with Gasteiger partial charge in [-0.1, -0.05) is 5.21 Å². The van der Waals surface area contributed by atoms with Crippen LogP contribution in [0.1, 0.15) is 25.2 Å². The van der Waals surface area contributed by atoms with Gasteiger partial charge in [-0.3, -0.25) is 0 Å². The van der Waals surface area contributed by atoms with Crippen LogP contribution in [0.3, 0.4) is 0 Å². The molecule has 1 fully saturated rings. The Balaban J connectivity index is 2.01. The van der Waals surface area contributed by atoms with Gasteiger partial charge in [0.25, 0.3) is 0 Å². The smallest absolute Gasteiger partial charge is 0.326 e. The van der Waals surface area contributed by atoms with Gasteiger partial charge in [-0.25, -0.2) is 9.59 Å². The van der Waals surface area contributed by atoms with E-state index in [1.807, 2.05) is 0 Å². The number of likely N-dealkylation sites (tertiary alicyclic amines) is 1. The van der Waals surface area contributed by atoms with Crippen molar-refractivity contribution >= 4 is 12.0 Å². The van der Waals surface area contributed by atoms with E-state index in [-0.39, 0.29) is 13.0 Å². The Bertz CT molecular complexity index is 463. The van der Waals surface area contributed by atoms with Crippen molar-refractivity contribution in [3.8, 4) is 0 Å². The number of carbonyl (C=O) groups is 2. The fraction of sp³-hybridized carbons (Fsp3) is 0.667. The third kappa shape index (κ3) is 2.78. The quantitative estimate of drug-likeness (QED) is 0.522. The van der Waals surface area contributed by atoms with Gasteiger partial charge < -0.3 is 20.4 Å². The van der Waals surface area contributed by atoms with E-state index in [2.05, 4.69) is 25.9 Å². The first-order valence-electron chi connectivity index (χ1n) is 5.70. The van der Waals surface area contributed by atoms with E-state index < -0.39 is 30.2 Å². The first-order chi connectivity index (χ1) is 8.99. The number of aliphatic hydroxyl groups excluding tert-OH is 1. The maximum Gasteiger partial charge on any atom is 0.326 e. The number of H-pyrrole nitrogens is 1. The van der Waals surface area contributed by atoms with E-state index in [4.69, 9.17) is 5.11 Å². The molecule has 4 N–H and O–H groups in total. The zero-order chi connectivity index (χ0) is 14.0. The lowest BCUT2D eigenvalue weighted by Gasteiger charge is -2.23. The molecule has 0 radical (unpaired) electrons. The maximum absolute atomic E-state index is 12.0. The number of urea groups is 1. The fourth-order valence-electron chi connectivity index (χ4n) is 1.96. The molecule has 0 bridgehead atoms. The number of aliphatic carboxylic acids is 1. The third-order valence-corrected chi connectivity index (χ3v) is 2.91. The number of aliphatic hydroxyl groups is 1. The fourth-order valence-corrected chi connectivity index (χ4v) is 1.96. The zero-order valence-corrected chi connectivity index (χ0v) is 10.1. The summed E-state index contributed by atoms with van der Waals surface area (Å²) in [4.78, 5) is 24.1. The number of nitrogens with zero attached hydrogens (tertiary/aromatic N) is 4. The van der Waals surface area contributed by atoms with Crippen LogP contribution < -0.4 is 5.32 Å². The molecular formula is C9H14N6O4. The van der Waals surface area contributed by atoms with Crippen LogP contribution in [0.25, 0.3) is 0 Å². The number of carboxylic acid groups (broad SMARTS) is 1. The van der Waals surface area contributed by atoms with E-state index in [9.17, 15) is 14.7 Å². The Hall–Kier alpha value is -2.23. The molecule has 10 heteroatoms. The minimum atomic E-state index is -1.14. The summed E-state index contributed by atoms with van der Waals surface area (Å²) in [5, 5.41) is 34.1. The monoisotopic (exact) mass is 270 g/mol. The van der Waals surface area contributed by atoms with Gasteiger partial charge in [0.2, 0.25) is 0 Å². The first-order valence-corrected chi connectivity index (χ1v) is 5.70. The molecule has 1 saturated heterocycles. The number of aromatic amines is 1. The van der Waals surface area contributed by atoms with Crippen LogP contribution >= 0.6 is 0 Å². The first kappa shape index (κ1) is 13.2. The number of tetrazole rings is 1. The van der Waals surface area contributed by atoms with Crippen LogP contribution in [-0.4, -0.2) is 66.4 Å². The van der Waals surface area contributed by atoms with Crippen LogP contribution in [0.5, 0.6) is 0 Å². The number of β-amino-alcohol motifs (C(OH)–C–C–N with tert-alkyl or cyclic N) is 1. The minimum absolute atomic E-state index is 0.0121. The molecule has 0 saturated carbocycles. The zero-order valence-electron chi connectivity index (χ0n) is 10.1. The van der Waals surface area contributed by atoms with Crippen molar-refractivity contribution in [2.75, 3.05) is 6.54 Å². The Morgan fingerprint density at radius 3 is 2.89 bits per heavy atom. The van der Waals surface area contributed by atoms with Gasteiger partial charge >= 0.3 is 12.0 Å². The summed E-state index contributed by atoms with van der Waals surface area (Å²) in [6.07, 6.45) is -0.799. The summed E-state index contributed by atoms with van der Waals surface area (Å²) in [7, 11) is 0. The maximum atomic E-state index is 12.0. The Kier molecular flexibility index (Phi) is 3.60. The second-order valence-corrected chi connectivity index (χ2v) is 4.34. The molecule has 1 aromatic rings. The van der Waals surface area contributed by atoms with Gasteiger partial charge in [0, 0.05) is 13.0 Å². The van der Waals surface area contributed by atoms with E-state index in [0.717, 1.165) is 4.90 Å². The highest BCUT2D eigenvalue weighted by Gasteiger charge is 2.39. The Morgan fingerprint density at radius 1 is 1.58 bits per heavy atom. The van der Waals surface area contributed by atoms with Crippen LogP contribution in [0.2, 0.25) is 0 Å². The Morgan fingerprint density at radius 2 is 2.32 bits per heavy atom. The van der Waals surface area contributed by atoms with Crippen molar-refractivity contribution < 1.29 is 19.8 Å². The van der Waals surface area contributed by atoms with Crippen LogP contribution in [-0.2, 0) is 4.79 Å². The molecule has 1 unspecified atom stereocenters. The lowest BCUT2D eigenvalue weighted by Crippen LogP contribution is -2.46. The van der Waals surface area contributed by atoms with Gasteiger partial charge in [0.1, 0.15) is 6.04 Å². The lowest BCUT2D eigenvalue weighted by atomic mass is 10.2. The van der Waals surface area contributed by atoms with Crippen molar-refractivity contribution in [3.63, 3.8) is 0 Å². The summed E-state index contributed by atoms with van der Waals surface area (Å²) in [5.74, 6) is -0.848. The molecule has 0 aliphatic carbocycles.